The third-order valence-corrected chi connectivity index (χ3v) is 5.09. The Labute approximate surface area is 116 Å². The number of phenols is 1. The molecule has 0 unspecified atom stereocenters. The lowest BCUT2D eigenvalue weighted by Gasteiger charge is -2.16. The molecule has 3 heteroatoms. The number of aryl methyl sites for hydroxylation is 1. The average molecular weight is 311 g/mol. The third kappa shape index (κ3) is 2.30. The third-order valence-electron chi connectivity index (χ3n) is 4.23. The molecule has 0 atom stereocenters. The number of aliphatic hydroxyl groups is 1. The van der Waals surface area contributed by atoms with Crippen LogP contribution in [0.3, 0.4) is 0 Å². The Morgan fingerprint density at radius 1 is 1.17 bits per heavy atom. The summed E-state index contributed by atoms with van der Waals surface area (Å²) in [6.07, 6.45) is 8.16. The zero-order valence-electron chi connectivity index (χ0n) is 10.5. The van der Waals surface area contributed by atoms with E-state index in [9.17, 15) is 10.2 Å². The van der Waals surface area contributed by atoms with Crippen LogP contribution in [-0.2, 0) is 19.3 Å². The first-order valence-corrected chi connectivity index (χ1v) is 7.63. The summed E-state index contributed by atoms with van der Waals surface area (Å²) >= 11 is 3.55. The van der Waals surface area contributed by atoms with E-state index in [1.54, 1.807) is 0 Å². The number of phenolic OH excluding ortho intramolecular Hbond substituents is 1. The van der Waals surface area contributed by atoms with Gasteiger partial charge in [-0.05, 0) is 71.1 Å². The van der Waals surface area contributed by atoms with E-state index in [4.69, 9.17) is 0 Å². The number of hydrogen-bond acceptors (Lipinski definition) is 2. The van der Waals surface area contributed by atoms with Gasteiger partial charge >= 0.3 is 0 Å². The Kier molecular flexibility index (Phi) is 3.15. The zero-order chi connectivity index (χ0) is 12.8. The molecule has 1 saturated carbocycles. The van der Waals surface area contributed by atoms with Crippen LogP contribution < -0.4 is 0 Å². The molecule has 1 aromatic carbocycles. The summed E-state index contributed by atoms with van der Waals surface area (Å²) in [7, 11) is 0. The highest BCUT2D eigenvalue weighted by Crippen LogP contribution is 2.43. The lowest BCUT2D eigenvalue weighted by molar-refractivity contribution is 0.150. The van der Waals surface area contributed by atoms with E-state index in [0.29, 0.717) is 12.2 Å². The van der Waals surface area contributed by atoms with Crippen molar-refractivity contribution in [1.82, 2.24) is 0 Å². The lowest BCUT2D eigenvalue weighted by atomic mass is 9.96. The van der Waals surface area contributed by atoms with Crippen LogP contribution in [0.4, 0.5) is 0 Å². The highest BCUT2D eigenvalue weighted by Gasteiger charge is 2.41. The second-order valence-electron chi connectivity index (χ2n) is 5.80. The van der Waals surface area contributed by atoms with Crippen molar-refractivity contribution in [1.29, 1.82) is 0 Å². The maximum absolute atomic E-state index is 10.3. The quantitative estimate of drug-likeness (QED) is 0.821. The van der Waals surface area contributed by atoms with Gasteiger partial charge in [0.05, 0.1) is 10.1 Å². The molecule has 2 aliphatic carbocycles. The summed E-state index contributed by atoms with van der Waals surface area (Å²) in [4.78, 5) is 0. The van der Waals surface area contributed by atoms with Gasteiger partial charge < -0.3 is 10.2 Å². The van der Waals surface area contributed by atoms with Gasteiger partial charge in [0, 0.05) is 6.42 Å². The van der Waals surface area contributed by atoms with Gasteiger partial charge in [0.15, 0.2) is 0 Å². The monoisotopic (exact) mass is 310 g/mol. The van der Waals surface area contributed by atoms with Gasteiger partial charge in [0.2, 0.25) is 0 Å². The van der Waals surface area contributed by atoms with Gasteiger partial charge in [0.25, 0.3) is 0 Å². The van der Waals surface area contributed by atoms with E-state index in [1.165, 1.54) is 30.4 Å². The Morgan fingerprint density at radius 3 is 2.61 bits per heavy atom. The molecule has 2 nitrogen and oxygen atoms in total. The average Bonchev–Trinajstić information content (AvgIpc) is 3.09. The summed E-state index contributed by atoms with van der Waals surface area (Å²) in [6, 6.07) is 2.12. The predicted molar refractivity (Wildman–Crippen MR) is 75.0 cm³/mol. The first-order valence-electron chi connectivity index (χ1n) is 6.83. The molecular weight excluding hydrogens is 292 g/mol. The van der Waals surface area contributed by atoms with Crippen LogP contribution in [0, 0.1) is 0 Å². The molecule has 0 aliphatic heterocycles. The number of fused-ring (bicyclic) bond motifs is 1. The summed E-state index contributed by atoms with van der Waals surface area (Å²) in [5.74, 6) is 0.343. The first kappa shape index (κ1) is 12.5. The largest absolute Gasteiger partial charge is 0.506 e. The minimum absolute atomic E-state index is 0.343. The van der Waals surface area contributed by atoms with E-state index < -0.39 is 5.60 Å². The summed E-state index contributed by atoms with van der Waals surface area (Å²) in [6.45, 7) is 0. The van der Waals surface area contributed by atoms with Crippen molar-refractivity contribution >= 4 is 15.9 Å². The summed E-state index contributed by atoms with van der Waals surface area (Å²) in [5.41, 5.74) is 2.99. The molecule has 18 heavy (non-hydrogen) atoms. The van der Waals surface area contributed by atoms with Gasteiger partial charge in [-0.15, -0.1) is 0 Å². The van der Waals surface area contributed by atoms with E-state index in [0.717, 1.165) is 35.7 Å². The van der Waals surface area contributed by atoms with E-state index in [1.807, 2.05) is 0 Å². The maximum Gasteiger partial charge on any atom is 0.133 e. The van der Waals surface area contributed by atoms with Crippen molar-refractivity contribution in [2.24, 2.45) is 0 Å². The molecule has 3 rings (SSSR count). The molecule has 98 valence electrons. The van der Waals surface area contributed by atoms with Gasteiger partial charge in [-0.3, -0.25) is 0 Å². The molecule has 0 aromatic heterocycles. The number of rotatable bonds is 2. The number of hydrogen-bond donors (Lipinski definition) is 2. The highest BCUT2D eigenvalue weighted by molar-refractivity contribution is 9.10. The second kappa shape index (κ2) is 4.53. The van der Waals surface area contributed by atoms with Crippen LogP contribution in [0.2, 0.25) is 0 Å². The molecule has 0 amide bonds. The normalized spacial score (nSPS) is 21.2. The molecule has 0 bridgehead atoms. The van der Waals surface area contributed by atoms with Crippen molar-refractivity contribution < 1.29 is 10.2 Å². The molecular formula is C15H19BrO2. The van der Waals surface area contributed by atoms with Crippen LogP contribution >= 0.6 is 15.9 Å². The molecule has 2 aliphatic rings. The predicted octanol–water partition coefficient (Wildman–Crippen LogP) is 3.49. The zero-order valence-corrected chi connectivity index (χ0v) is 12.1. The Balaban J connectivity index is 2.00. The Bertz CT molecular complexity index is 478. The molecule has 1 aromatic rings. The minimum atomic E-state index is -0.546. The lowest BCUT2D eigenvalue weighted by Crippen LogP contribution is -2.11. The fourth-order valence-corrected chi connectivity index (χ4v) is 3.60. The van der Waals surface area contributed by atoms with Crippen LogP contribution in [-0.4, -0.2) is 15.8 Å². The van der Waals surface area contributed by atoms with Gasteiger partial charge in [0.1, 0.15) is 5.75 Å². The van der Waals surface area contributed by atoms with Crippen molar-refractivity contribution in [3.05, 3.63) is 27.2 Å². The van der Waals surface area contributed by atoms with E-state index in [2.05, 4.69) is 22.0 Å². The first-order chi connectivity index (χ1) is 8.59. The summed E-state index contributed by atoms with van der Waals surface area (Å²) in [5, 5.41) is 20.3. The number of halogens is 1. The van der Waals surface area contributed by atoms with Gasteiger partial charge in [-0.25, -0.2) is 0 Å². The Morgan fingerprint density at radius 2 is 1.89 bits per heavy atom. The Hall–Kier alpha value is -0.540. The fraction of sp³-hybridized carbons (Fsp3) is 0.600. The highest BCUT2D eigenvalue weighted by atomic mass is 79.9. The van der Waals surface area contributed by atoms with Gasteiger partial charge in [-0.2, -0.15) is 0 Å². The molecule has 0 heterocycles. The molecule has 0 spiro atoms. The van der Waals surface area contributed by atoms with Gasteiger partial charge in [-0.1, -0.05) is 12.5 Å². The number of benzene rings is 1. The van der Waals surface area contributed by atoms with E-state index >= 15 is 0 Å². The number of aromatic hydroxyl groups is 1. The van der Waals surface area contributed by atoms with Crippen molar-refractivity contribution in [2.75, 3.05) is 0 Å². The van der Waals surface area contributed by atoms with Crippen molar-refractivity contribution in [3.63, 3.8) is 0 Å². The van der Waals surface area contributed by atoms with Crippen LogP contribution in [0.1, 0.15) is 48.8 Å². The fourth-order valence-electron chi connectivity index (χ4n) is 2.89. The second-order valence-corrected chi connectivity index (χ2v) is 6.59. The maximum atomic E-state index is 10.3. The summed E-state index contributed by atoms with van der Waals surface area (Å²) < 4.78 is 0.862. The van der Waals surface area contributed by atoms with Crippen LogP contribution in [0.5, 0.6) is 5.75 Å². The standard InChI is InChI=1S/C15H19BrO2/c16-13-12-5-3-1-2-4-10(12)8-11(14(13)17)9-15(18)6-7-15/h8,17-18H,1-7,9H2. The van der Waals surface area contributed by atoms with Crippen LogP contribution in [0.15, 0.2) is 10.5 Å². The molecule has 0 saturated heterocycles. The molecule has 2 N–H and O–H groups in total. The topological polar surface area (TPSA) is 40.5 Å². The smallest absolute Gasteiger partial charge is 0.133 e. The van der Waals surface area contributed by atoms with E-state index in [-0.39, 0.29) is 0 Å². The minimum Gasteiger partial charge on any atom is -0.506 e. The molecule has 0 radical (unpaired) electrons. The van der Waals surface area contributed by atoms with Crippen molar-refractivity contribution in [2.45, 2.75) is 57.0 Å². The molecule has 1 fully saturated rings. The van der Waals surface area contributed by atoms with Crippen LogP contribution in [0.25, 0.3) is 0 Å². The van der Waals surface area contributed by atoms with Crippen molar-refractivity contribution in [3.8, 4) is 5.75 Å². The SMILES string of the molecule is Oc1c(CC2(O)CC2)cc2c(c1Br)CCCCC2.